The van der Waals surface area contributed by atoms with E-state index in [9.17, 15) is 10.1 Å². The van der Waals surface area contributed by atoms with E-state index in [-0.39, 0.29) is 11.6 Å². The second-order valence-corrected chi connectivity index (χ2v) is 6.51. The Bertz CT molecular complexity index is 1170. The second kappa shape index (κ2) is 7.89. The van der Waals surface area contributed by atoms with Gasteiger partial charge in [0.15, 0.2) is 11.5 Å². The Kier molecular flexibility index (Phi) is 4.98. The molecule has 0 N–H and O–H groups in total. The molecule has 0 radical (unpaired) electrons. The van der Waals surface area contributed by atoms with E-state index in [2.05, 4.69) is 10.1 Å². The van der Waals surface area contributed by atoms with Crippen LogP contribution in [-0.2, 0) is 6.54 Å². The Balaban J connectivity index is 1.71. The number of hydrogen-bond donors (Lipinski definition) is 0. The fourth-order valence-corrected chi connectivity index (χ4v) is 3.30. The molecule has 0 bridgehead atoms. The maximum absolute atomic E-state index is 10.8. The molecule has 0 fully saturated rings. The van der Waals surface area contributed by atoms with Gasteiger partial charge in [-0.1, -0.05) is 30.3 Å². The molecule has 0 unspecified atom stereocenters. The third-order valence-electron chi connectivity index (χ3n) is 3.79. The SMILES string of the molecule is O=[N+]([O-])c1ccc(C=Nn2c(-c3ccco3)csc2=NCc2ccccc2)o1. The molecule has 4 rings (SSSR count). The van der Waals surface area contributed by atoms with Gasteiger partial charge < -0.3 is 8.83 Å². The summed E-state index contributed by atoms with van der Waals surface area (Å²) >= 11 is 1.42. The van der Waals surface area contributed by atoms with Gasteiger partial charge in [0.1, 0.15) is 10.6 Å². The number of aromatic nitrogens is 1. The summed E-state index contributed by atoms with van der Waals surface area (Å²) in [5.74, 6) is 0.571. The van der Waals surface area contributed by atoms with Crippen LogP contribution in [0.25, 0.3) is 11.5 Å². The van der Waals surface area contributed by atoms with Gasteiger partial charge in [0.25, 0.3) is 0 Å². The maximum Gasteiger partial charge on any atom is 0.433 e. The maximum atomic E-state index is 10.8. The summed E-state index contributed by atoms with van der Waals surface area (Å²) in [7, 11) is 0. The van der Waals surface area contributed by atoms with Crippen molar-refractivity contribution in [3.8, 4) is 11.5 Å². The normalized spacial score (nSPS) is 12.1. The molecule has 0 atom stereocenters. The van der Waals surface area contributed by atoms with Crippen molar-refractivity contribution < 1.29 is 13.8 Å². The van der Waals surface area contributed by atoms with Crippen LogP contribution in [0.15, 0.2) is 85.2 Å². The van der Waals surface area contributed by atoms with Crippen LogP contribution in [0, 0.1) is 10.1 Å². The molecular weight excluding hydrogens is 380 g/mol. The fourth-order valence-electron chi connectivity index (χ4n) is 2.48. The van der Waals surface area contributed by atoms with Gasteiger partial charge in [0.05, 0.1) is 25.1 Å². The van der Waals surface area contributed by atoms with Crippen molar-refractivity contribution in [3.63, 3.8) is 0 Å². The summed E-state index contributed by atoms with van der Waals surface area (Å²) in [4.78, 5) is 15.5. The minimum atomic E-state index is -0.593. The zero-order valence-electron chi connectivity index (χ0n) is 14.5. The third-order valence-corrected chi connectivity index (χ3v) is 4.65. The van der Waals surface area contributed by atoms with Gasteiger partial charge in [-0.25, -0.2) is 4.68 Å². The molecule has 0 amide bonds. The molecule has 28 heavy (non-hydrogen) atoms. The van der Waals surface area contributed by atoms with Crippen LogP contribution in [0.2, 0.25) is 0 Å². The Morgan fingerprint density at radius 1 is 1.14 bits per heavy atom. The summed E-state index contributed by atoms with van der Waals surface area (Å²) in [6.45, 7) is 0.501. The molecule has 0 aliphatic carbocycles. The van der Waals surface area contributed by atoms with E-state index >= 15 is 0 Å². The molecule has 9 heteroatoms. The predicted molar refractivity (Wildman–Crippen MR) is 104 cm³/mol. The number of hydrogen-bond acceptors (Lipinski definition) is 7. The van der Waals surface area contributed by atoms with Gasteiger partial charge >= 0.3 is 5.88 Å². The van der Waals surface area contributed by atoms with Crippen LogP contribution < -0.4 is 4.80 Å². The van der Waals surface area contributed by atoms with Gasteiger partial charge in [0, 0.05) is 5.38 Å². The Hall–Kier alpha value is -3.72. The molecule has 140 valence electrons. The van der Waals surface area contributed by atoms with Crippen molar-refractivity contribution >= 4 is 23.4 Å². The molecule has 0 spiro atoms. The first kappa shape index (κ1) is 17.7. The average molecular weight is 394 g/mol. The number of thiazole rings is 1. The van der Waals surface area contributed by atoms with Crippen molar-refractivity contribution in [1.29, 1.82) is 0 Å². The first-order chi connectivity index (χ1) is 13.7. The van der Waals surface area contributed by atoms with Crippen molar-refractivity contribution in [2.75, 3.05) is 0 Å². The average Bonchev–Trinajstić information content (AvgIpc) is 3.45. The quantitative estimate of drug-likeness (QED) is 0.277. The van der Waals surface area contributed by atoms with Crippen LogP contribution in [0.4, 0.5) is 5.88 Å². The first-order valence-electron chi connectivity index (χ1n) is 8.28. The number of benzene rings is 1. The molecule has 8 nitrogen and oxygen atoms in total. The molecule has 0 aliphatic heterocycles. The summed E-state index contributed by atoms with van der Waals surface area (Å²) in [5, 5.41) is 17.1. The van der Waals surface area contributed by atoms with Crippen LogP contribution in [0.3, 0.4) is 0 Å². The van der Waals surface area contributed by atoms with E-state index in [1.807, 2.05) is 41.8 Å². The van der Waals surface area contributed by atoms with E-state index < -0.39 is 4.92 Å². The van der Waals surface area contributed by atoms with Crippen molar-refractivity contribution in [2.45, 2.75) is 6.54 Å². The van der Waals surface area contributed by atoms with Crippen LogP contribution in [0.5, 0.6) is 0 Å². The van der Waals surface area contributed by atoms with E-state index in [0.29, 0.717) is 17.1 Å². The Morgan fingerprint density at radius 2 is 2.00 bits per heavy atom. The molecule has 3 aromatic heterocycles. The molecule has 0 saturated heterocycles. The minimum absolute atomic E-state index is 0.268. The largest absolute Gasteiger partial charge is 0.463 e. The number of rotatable bonds is 6. The molecule has 0 saturated carbocycles. The summed E-state index contributed by atoms with van der Waals surface area (Å²) in [6, 6.07) is 16.3. The van der Waals surface area contributed by atoms with Gasteiger partial charge in [-0.05, 0) is 23.8 Å². The lowest BCUT2D eigenvalue weighted by Crippen LogP contribution is -2.12. The smallest absolute Gasteiger partial charge is 0.433 e. The highest BCUT2D eigenvalue weighted by atomic mass is 32.1. The number of furan rings is 2. The zero-order chi connectivity index (χ0) is 19.3. The highest BCUT2D eigenvalue weighted by molar-refractivity contribution is 7.07. The fraction of sp³-hybridized carbons (Fsp3) is 0.0526. The minimum Gasteiger partial charge on any atom is -0.463 e. The van der Waals surface area contributed by atoms with Crippen molar-refractivity contribution in [2.24, 2.45) is 10.1 Å². The lowest BCUT2D eigenvalue weighted by atomic mass is 10.2. The van der Waals surface area contributed by atoms with Crippen LogP contribution >= 0.6 is 11.3 Å². The van der Waals surface area contributed by atoms with Crippen LogP contribution in [-0.4, -0.2) is 15.8 Å². The van der Waals surface area contributed by atoms with Crippen molar-refractivity contribution in [1.82, 2.24) is 4.68 Å². The van der Waals surface area contributed by atoms with Crippen molar-refractivity contribution in [3.05, 3.63) is 92.5 Å². The highest BCUT2D eigenvalue weighted by Gasteiger charge is 2.12. The molecule has 0 aliphatic rings. The van der Waals surface area contributed by atoms with E-state index in [1.165, 1.54) is 29.7 Å². The molecule has 3 heterocycles. The van der Waals surface area contributed by atoms with Crippen LogP contribution in [0.1, 0.15) is 11.3 Å². The predicted octanol–water partition coefficient (Wildman–Crippen LogP) is 4.29. The lowest BCUT2D eigenvalue weighted by Gasteiger charge is -2.00. The Morgan fingerprint density at radius 3 is 2.71 bits per heavy atom. The van der Waals surface area contributed by atoms with E-state index in [1.54, 1.807) is 17.0 Å². The Labute approximate surface area is 162 Å². The molecular formula is C19H14N4O4S. The standard InChI is InChI=1S/C19H14N4O4S/c24-23(25)18-9-8-15(27-18)12-21-22-16(17-7-4-10-26-17)13-28-19(22)20-11-14-5-2-1-3-6-14/h1-10,12-13H,11H2. The highest BCUT2D eigenvalue weighted by Crippen LogP contribution is 2.21. The molecule has 4 aromatic rings. The number of nitro groups is 1. The summed E-state index contributed by atoms with van der Waals surface area (Å²) in [6.07, 6.45) is 2.99. The number of nitrogens with zero attached hydrogens (tertiary/aromatic N) is 4. The monoisotopic (exact) mass is 394 g/mol. The van der Waals surface area contributed by atoms with Gasteiger partial charge in [-0.3, -0.25) is 15.1 Å². The van der Waals surface area contributed by atoms with Gasteiger partial charge in [-0.15, -0.1) is 11.3 Å². The van der Waals surface area contributed by atoms with Gasteiger partial charge in [0.2, 0.25) is 4.80 Å². The zero-order valence-corrected chi connectivity index (χ0v) is 15.3. The van der Waals surface area contributed by atoms with E-state index in [0.717, 1.165) is 11.3 Å². The topological polar surface area (TPSA) is 99.1 Å². The summed E-state index contributed by atoms with van der Waals surface area (Å²) in [5.41, 5.74) is 1.80. The third kappa shape index (κ3) is 3.84. The molecule has 1 aromatic carbocycles. The first-order valence-corrected chi connectivity index (χ1v) is 9.16. The second-order valence-electron chi connectivity index (χ2n) is 5.67. The summed E-state index contributed by atoms with van der Waals surface area (Å²) < 4.78 is 12.2. The van der Waals surface area contributed by atoms with Gasteiger partial charge in [-0.2, -0.15) is 5.10 Å². The van der Waals surface area contributed by atoms with E-state index in [4.69, 9.17) is 8.83 Å². The lowest BCUT2D eigenvalue weighted by molar-refractivity contribution is -0.402.